The summed E-state index contributed by atoms with van der Waals surface area (Å²) in [7, 11) is 1.38. The van der Waals surface area contributed by atoms with Crippen LogP contribution < -0.4 is 4.74 Å². The number of benzene rings is 1. The van der Waals surface area contributed by atoms with Crippen LogP contribution in [0.5, 0.6) is 5.75 Å². The van der Waals surface area contributed by atoms with Crippen molar-refractivity contribution in [3.63, 3.8) is 0 Å². The van der Waals surface area contributed by atoms with Crippen molar-refractivity contribution >= 4 is 0 Å². The molecule has 0 fully saturated rings. The summed E-state index contributed by atoms with van der Waals surface area (Å²) in [6, 6.07) is 4.47. The zero-order chi connectivity index (χ0) is 9.68. The Morgan fingerprint density at radius 2 is 2.31 bits per heavy atom. The molecule has 1 aromatic carbocycles. The van der Waals surface area contributed by atoms with Crippen molar-refractivity contribution in [2.75, 3.05) is 13.7 Å². The smallest absolute Gasteiger partial charge is 0.170 e. The highest BCUT2D eigenvalue weighted by Gasteiger charge is 2.05. The highest BCUT2D eigenvalue weighted by molar-refractivity contribution is 5.46. The van der Waals surface area contributed by atoms with Gasteiger partial charge in [-0.15, -0.1) is 0 Å². The number of hydrogen-bond donors (Lipinski definition) is 1. The van der Waals surface area contributed by atoms with Gasteiger partial charge in [0, 0.05) is 0 Å². The summed E-state index contributed by atoms with van der Waals surface area (Å²) in [5, 5.41) is 8.45. The first-order valence-electron chi connectivity index (χ1n) is 3.72. The molecule has 0 bridgehead atoms. The lowest BCUT2D eigenvalue weighted by Gasteiger charge is -2.02. The summed E-state index contributed by atoms with van der Waals surface area (Å²) in [6.45, 7) is -0.250. The Balaban J connectivity index is 3.12. The number of halogens is 1. The van der Waals surface area contributed by atoms with E-state index < -0.39 is 5.82 Å². The van der Waals surface area contributed by atoms with E-state index in [-0.39, 0.29) is 12.4 Å². The molecule has 0 saturated carbocycles. The molecular formula is C10H9FO2. The van der Waals surface area contributed by atoms with Gasteiger partial charge in [-0.05, 0) is 12.1 Å². The Kier molecular flexibility index (Phi) is 3.30. The van der Waals surface area contributed by atoms with Gasteiger partial charge in [0.15, 0.2) is 11.6 Å². The molecule has 1 rings (SSSR count). The summed E-state index contributed by atoms with van der Waals surface area (Å²) in [6.07, 6.45) is 0. The Morgan fingerprint density at radius 1 is 1.54 bits per heavy atom. The number of aliphatic hydroxyl groups is 1. The third-order valence-electron chi connectivity index (χ3n) is 1.47. The molecule has 0 unspecified atom stereocenters. The van der Waals surface area contributed by atoms with E-state index in [0.29, 0.717) is 5.56 Å². The van der Waals surface area contributed by atoms with Gasteiger partial charge in [0.1, 0.15) is 6.61 Å². The highest BCUT2D eigenvalue weighted by atomic mass is 19.1. The maximum absolute atomic E-state index is 13.0. The van der Waals surface area contributed by atoms with Crippen LogP contribution in [0.3, 0.4) is 0 Å². The van der Waals surface area contributed by atoms with E-state index in [0.717, 1.165) is 0 Å². The molecule has 0 aliphatic heterocycles. The highest BCUT2D eigenvalue weighted by Crippen LogP contribution is 2.20. The minimum absolute atomic E-state index is 0.114. The van der Waals surface area contributed by atoms with Gasteiger partial charge in [-0.25, -0.2) is 4.39 Å². The fraction of sp³-hybridized carbons (Fsp3) is 0.200. The van der Waals surface area contributed by atoms with E-state index in [9.17, 15) is 4.39 Å². The summed E-state index contributed by atoms with van der Waals surface area (Å²) in [4.78, 5) is 0. The van der Waals surface area contributed by atoms with Crippen molar-refractivity contribution < 1.29 is 14.2 Å². The lowest BCUT2D eigenvalue weighted by Crippen LogP contribution is -1.91. The van der Waals surface area contributed by atoms with Gasteiger partial charge < -0.3 is 9.84 Å². The molecule has 0 radical (unpaired) electrons. The molecule has 0 amide bonds. The van der Waals surface area contributed by atoms with Crippen LogP contribution in [0.4, 0.5) is 4.39 Å². The van der Waals surface area contributed by atoms with Crippen molar-refractivity contribution in [2.45, 2.75) is 0 Å². The number of aliphatic hydroxyl groups excluding tert-OH is 1. The third kappa shape index (κ3) is 2.20. The van der Waals surface area contributed by atoms with Crippen molar-refractivity contribution in [3.8, 4) is 17.6 Å². The molecular weight excluding hydrogens is 171 g/mol. The second-order valence-electron chi connectivity index (χ2n) is 2.28. The van der Waals surface area contributed by atoms with Crippen molar-refractivity contribution in [3.05, 3.63) is 29.6 Å². The molecule has 0 heterocycles. The average molecular weight is 180 g/mol. The lowest BCUT2D eigenvalue weighted by atomic mass is 10.2. The zero-order valence-corrected chi connectivity index (χ0v) is 7.17. The summed E-state index contributed by atoms with van der Waals surface area (Å²) in [5.41, 5.74) is 0.441. The van der Waals surface area contributed by atoms with Gasteiger partial charge in [0.05, 0.1) is 12.7 Å². The first-order valence-corrected chi connectivity index (χ1v) is 3.72. The zero-order valence-electron chi connectivity index (χ0n) is 7.17. The predicted molar refractivity (Wildman–Crippen MR) is 46.9 cm³/mol. The lowest BCUT2D eigenvalue weighted by molar-refractivity contribution is 0.350. The van der Waals surface area contributed by atoms with E-state index in [1.54, 1.807) is 12.1 Å². The quantitative estimate of drug-likeness (QED) is 0.657. The number of methoxy groups -OCH3 is 1. The predicted octanol–water partition coefficient (Wildman–Crippen LogP) is 1.18. The number of para-hydroxylation sites is 1. The third-order valence-corrected chi connectivity index (χ3v) is 1.47. The summed E-state index contributed by atoms with van der Waals surface area (Å²) < 4.78 is 17.8. The van der Waals surface area contributed by atoms with E-state index in [4.69, 9.17) is 9.84 Å². The number of ether oxygens (including phenoxy) is 1. The molecule has 1 aromatic rings. The molecule has 0 saturated heterocycles. The monoisotopic (exact) mass is 180 g/mol. The van der Waals surface area contributed by atoms with Gasteiger partial charge in [0.2, 0.25) is 0 Å². The SMILES string of the molecule is COc1c(F)cccc1C#CCO. The first-order chi connectivity index (χ1) is 6.29. The fourth-order valence-electron chi connectivity index (χ4n) is 0.949. The minimum Gasteiger partial charge on any atom is -0.492 e. The molecule has 68 valence electrons. The van der Waals surface area contributed by atoms with Crippen LogP contribution in [-0.2, 0) is 0 Å². The molecule has 1 N–H and O–H groups in total. The minimum atomic E-state index is -0.452. The maximum Gasteiger partial charge on any atom is 0.170 e. The number of rotatable bonds is 1. The van der Waals surface area contributed by atoms with Crippen LogP contribution in [0.25, 0.3) is 0 Å². The molecule has 0 aliphatic carbocycles. The van der Waals surface area contributed by atoms with Gasteiger partial charge in [-0.2, -0.15) is 0 Å². The molecule has 13 heavy (non-hydrogen) atoms. The molecule has 3 heteroatoms. The van der Waals surface area contributed by atoms with Crippen molar-refractivity contribution in [1.29, 1.82) is 0 Å². The topological polar surface area (TPSA) is 29.5 Å². The Morgan fingerprint density at radius 3 is 2.92 bits per heavy atom. The molecule has 0 spiro atoms. The van der Waals surface area contributed by atoms with Gasteiger partial charge in [-0.1, -0.05) is 17.9 Å². The second-order valence-corrected chi connectivity index (χ2v) is 2.28. The van der Waals surface area contributed by atoms with E-state index >= 15 is 0 Å². The standard InChI is InChI=1S/C10H9FO2/c1-13-10-8(5-3-7-12)4-2-6-9(10)11/h2,4,6,12H,7H2,1H3. The largest absolute Gasteiger partial charge is 0.492 e. The van der Waals surface area contributed by atoms with E-state index in [1.165, 1.54) is 13.2 Å². The van der Waals surface area contributed by atoms with Crippen molar-refractivity contribution in [1.82, 2.24) is 0 Å². The Labute approximate surface area is 76.0 Å². The van der Waals surface area contributed by atoms with Crippen LogP contribution in [0.1, 0.15) is 5.56 Å². The summed E-state index contributed by atoms with van der Waals surface area (Å²) >= 11 is 0. The molecule has 0 aliphatic rings. The van der Waals surface area contributed by atoms with Gasteiger partial charge >= 0.3 is 0 Å². The number of hydrogen-bond acceptors (Lipinski definition) is 2. The summed E-state index contributed by atoms with van der Waals surface area (Å²) in [5.74, 6) is 4.68. The van der Waals surface area contributed by atoms with Gasteiger partial charge in [0.25, 0.3) is 0 Å². The molecule has 0 atom stereocenters. The fourth-order valence-corrected chi connectivity index (χ4v) is 0.949. The normalized spacial score (nSPS) is 8.85. The van der Waals surface area contributed by atoms with Gasteiger partial charge in [-0.3, -0.25) is 0 Å². The van der Waals surface area contributed by atoms with Crippen molar-refractivity contribution in [2.24, 2.45) is 0 Å². The van der Waals surface area contributed by atoms with Crippen LogP contribution in [0.15, 0.2) is 18.2 Å². The first kappa shape index (κ1) is 9.56. The Hall–Kier alpha value is -1.53. The maximum atomic E-state index is 13.0. The Bertz CT molecular complexity index is 350. The van der Waals surface area contributed by atoms with Crippen LogP contribution in [0.2, 0.25) is 0 Å². The molecule has 0 aromatic heterocycles. The van der Waals surface area contributed by atoms with E-state index in [2.05, 4.69) is 11.8 Å². The molecule has 2 nitrogen and oxygen atoms in total. The second kappa shape index (κ2) is 4.48. The van der Waals surface area contributed by atoms with Crippen LogP contribution in [-0.4, -0.2) is 18.8 Å². The van der Waals surface area contributed by atoms with E-state index in [1.807, 2.05) is 0 Å². The van der Waals surface area contributed by atoms with Crippen LogP contribution >= 0.6 is 0 Å². The average Bonchev–Trinajstić information content (AvgIpc) is 2.15. The van der Waals surface area contributed by atoms with Crippen LogP contribution in [0, 0.1) is 17.7 Å².